The van der Waals surface area contributed by atoms with E-state index in [2.05, 4.69) is 18.7 Å². The molecule has 1 aliphatic heterocycles. The third-order valence-corrected chi connectivity index (χ3v) is 4.12. The number of ether oxygens (including phenoxy) is 1. The number of β-amino-alcohol motifs (C(OH)–C–C–N with tert-alkyl or cyclic N) is 1. The van der Waals surface area contributed by atoms with Crippen molar-refractivity contribution in [1.82, 2.24) is 4.90 Å². The van der Waals surface area contributed by atoms with Gasteiger partial charge >= 0.3 is 0 Å². The van der Waals surface area contributed by atoms with Gasteiger partial charge in [-0.3, -0.25) is 4.79 Å². The lowest BCUT2D eigenvalue weighted by Gasteiger charge is -2.35. The van der Waals surface area contributed by atoms with Crippen LogP contribution in [0.2, 0.25) is 0 Å². The third kappa shape index (κ3) is 5.11. The first-order valence-electron chi connectivity index (χ1n) is 8.08. The number of Topliss-reactive ketones (excluding diaryl/α,β-unsaturated/α-hetero) is 1. The van der Waals surface area contributed by atoms with E-state index in [1.807, 2.05) is 0 Å². The second-order valence-corrected chi connectivity index (χ2v) is 6.71. The summed E-state index contributed by atoms with van der Waals surface area (Å²) in [7, 11) is 0. The van der Waals surface area contributed by atoms with Crippen LogP contribution < -0.4 is 4.74 Å². The van der Waals surface area contributed by atoms with Gasteiger partial charge in [-0.05, 0) is 49.4 Å². The number of aliphatic hydroxyl groups is 1. The summed E-state index contributed by atoms with van der Waals surface area (Å²) in [6.07, 6.45) is 0.774. The highest BCUT2D eigenvalue weighted by molar-refractivity contribution is 5.94. The summed E-state index contributed by atoms with van der Waals surface area (Å²) in [6.45, 7) is 9.10. The van der Waals surface area contributed by atoms with E-state index in [-0.39, 0.29) is 12.4 Å². The first kappa shape index (κ1) is 17.0. The first-order chi connectivity index (χ1) is 10.4. The highest BCUT2D eigenvalue weighted by Gasteiger charge is 2.23. The second-order valence-electron chi connectivity index (χ2n) is 6.71. The van der Waals surface area contributed by atoms with Gasteiger partial charge in [-0.15, -0.1) is 0 Å². The van der Waals surface area contributed by atoms with Gasteiger partial charge in [0.05, 0.1) is 0 Å². The van der Waals surface area contributed by atoms with E-state index in [0.29, 0.717) is 29.7 Å². The fourth-order valence-corrected chi connectivity index (χ4v) is 3.27. The zero-order chi connectivity index (χ0) is 16.1. The van der Waals surface area contributed by atoms with Gasteiger partial charge in [0.1, 0.15) is 18.5 Å². The van der Waals surface area contributed by atoms with E-state index in [1.165, 1.54) is 6.42 Å². The van der Waals surface area contributed by atoms with Crippen molar-refractivity contribution >= 4 is 5.78 Å². The smallest absolute Gasteiger partial charge is 0.159 e. The molecule has 4 nitrogen and oxygen atoms in total. The summed E-state index contributed by atoms with van der Waals surface area (Å²) in [5.74, 6) is 2.11. The Labute approximate surface area is 133 Å². The Morgan fingerprint density at radius 2 is 1.86 bits per heavy atom. The molecule has 0 saturated carbocycles. The Morgan fingerprint density at radius 1 is 1.27 bits per heavy atom. The highest BCUT2D eigenvalue weighted by Crippen LogP contribution is 2.21. The number of hydrogen-bond donors (Lipinski definition) is 1. The molecule has 0 aliphatic carbocycles. The molecular weight excluding hydrogens is 278 g/mol. The molecule has 1 aromatic rings. The minimum Gasteiger partial charge on any atom is -0.491 e. The standard InChI is InChI=1S/C18H27NO3/c1-13-8-14(2)10-19(9-13)11-17(21)12-22-18-6-4-16(5-7-18)15(3)20/h4-7,13-14,17,21H,8-12H2,1-3H3/t13-,14+,17-/m1/s1. The fourth-order valence-electron chi connectivity index (χ4n) is 3.27. The van der Waals surface area contributed by atoms with Crippen molar-refractivity contribution in [2.24, 2.45) is 11.8 Å². The largest absolute Gasteiger partial charge is 0.491 e. The Kier molecular flexibility index (Phi) is 5.98. The lowest BCUT2D eigenvalue weighted by atomic mass is 9.92. The zero-order valence-electron chi connectivity index (χ0n) is 13.8. The molecule has 0 unspecified atom stereocenters. The van der Waals surface area contributed by atoms with Crippen molar-refractivity contribution in [2.75, 3.05) is 26.2 Å². The van der Waals surface area contributed by atoms with Gasteiger partial charge in [-0.2, -0.15) is 0 Å². The monoisotopic (exact) mass is 305 g/mol. The van der Waals surface area contributed by atoms with Crippen LogP contribution in [0.25, 0.3) is 0 Å². The molecule has 22 heavy (non-hydrogen) atoms. The van der Waals surface area contributed by atoms with Crippen molar-refractivity contribution in [3.8, 4) is 5.75 Å². The van der Waals surface area contributed by atoms with Crippen LogP contribution in [0.1, 0.15) is 37.6 Å². The van der Waals surface area contributed by atoms with Crippen LogP contribution in [0.3, 0.4) is 0 Å². The maximum atomic E-state index is 11.2. The number of hydrogen-bond acceptors (Lipinski definition) is 4. The molecule has 1 aliphatic rings. The van der Waals surface area contributed by atoms with Crippen LogP contribution >= 0.6 is 0 Å². The Balaban J connectivity index is 1.77. The van der Waals surface area contributed by atoms with Gasteiger partial charge in [-0.25, -0.2) is 0 Å². The van der Waals surface area contributed by atoms with E-state index < -0.39 is 6.10 Å². The second kappa shape index (κ2) is 7.75. The number of rotatable bonds is 6. The van der Waals surface area contributed by atoms with Crippen LogP contribution in [0.15, 0.2) is 24.3 Å². The molecule has 1 heterocycles. The maximum Gasteiger partial charge on any atom is 0.159 e. The number of likely N-dealkylation sites (tertiary alicyclic amines) is 1. The minimum atomic E-state index is -0.495. The lowest BCUT2D eigenvalue weighted by molar-refractivity contribution is 0.0429. The molecule has 0 spiro atoms. The van der Waals surface area contributed by atoms with E-state index in [9.17, 15) is 9.90 Å². The average molecular weight is 305 g/mol. The summed E-state index contributed by atoms with van der Waals surface area (Å²) < 4.78 is 5.61. The van der Waals surface area contributed by atoms with Gasteiger partial charge in [0, 0.05) is 25.2 Å². The van der Waals surface area contributed by atoms with E-state index in [1.54, 1.807) is 31.2 Å². The molecule has 3 atom stereocenters. The van der Waals surface area contributed by atoms with E-state index >= 15 is 0 Å². The summed E-state index contributed by atoms with van der Waals surface area (Å²) in [6, 6.07) is 7.04. The number of carbonyl (C=O) groups excluding carboxylic acids is 1. The number of ketones is 1. The van der Waals surface area contributed by atoms with Crippen LogP contribution in [0.5, 0.6) is 5.75 Å². The highest BCUT2D eigenvalue weighted by atomic mass is 16.5. The Morgan fingerprint density at radius 3 is 2.41 bits per heavy atom. The molecule has 0 bridgehead atoms. The predicted molar refractivity (Wildman–Crippen MR) is 87.3 cm³/mol. The van der Waals surface area contributed by atoms with Gasteiger partial charge in [0.15, 0.2) is 5.78 Å². The molecule has 0 radical (unpaired) electrons. The SMILES string of the molecule is CC(=O)c1ccc(OC[C@H](O)CN2C[C@H](C)C[C@H](C)C2)cc1. The first-order valence-corrected chi connectivity index (χ1v) is 8.08. The lowest BCUT2D eigenvalue weighted by Crippen LogP contribution is -2.43. The van der Waals surface area contributed by atoms with Gasteiger partial charge in [-0.1, -0.05) is 13.8 Å². The molecule has 1 fully saturated rings. The molecule has 122 valence electrons. The molecule has 2 rings (SSSR count). The summed E-state index contributed by atoms with van der Waals surface area (Å²) in [5, 5.41) is 10.2. The number of benzene rings is 1. The number of carbonyl (C=O) groups is 1. The number of aliphatic hydroxyl groups excluding tert-OH is 1. The zero-order valence-corrected chi connectivity index (χ0v) is 13.8. The van der Waals surface area contributed by atoms with Crippen LogP contribution in [-0.4, -0.2) is 48.1 Å². The van der Waals surface area contributed by atoms with Gasteiger partial charge in [0.2, 0.25) is 0 Å². The topological polar surface area (TPSA) is 49.8 Å². The predicted octanol–water partition coefficient (Wildman–Crippen LogP) is 2.61. The summed E-state index contributed by atoms with van der Waals surface area (Å²) in [5.41, 5.74) is 0.671. The summed E-state index contributed by atoms with van der Waals surface area (Å²) >= 11 is 0. The molecule has 0 amide bonds. The molecular formula is C18H27NO3. The molecule has 1 aromatic carbocycles. The van der Waals surface area contributed by atoms with Crippen molar-refractivity contribution in [2.45, 2.75) is 33.3 Å². The van der Waals surface area contributed by atoms with Crippen molar-refractivity contribution in [1.29, 1.82) is 0 Å². The maximum absolute atomic E-state index is 11.2. The quantitative estimate of drug-likeness (QED) is 0.821. The van der Waals surface area contributed by atoms with Gasteiger partial charge < -0.3 is 14.7 Å². The van der Waals surface area contributed by atoms with Crippen LogP contribution in [-0.2, 0) is 0 Å². The Bertz CT molecular complexity index is 476. The van der Waals surface area contributed by atoms with Crippen LogP contribution in [0, 0.1) is 11.8 Å². The van der Waals surface area contributed by atoms with Crippen LogP contribution in [0.4, 0.5) is 0 Å². The molecule has 1 N–H and O–H groups in total. The average Bonchev–Trinajstić information content (AvgIpc) is 2.44. The van der Waals surface area contributed by atoms with E-state index in [4.69, 9.17) is 4.74 Å². The fraction of sp³-hybridized carbons (Fsp3) is 0.611. The molecule has 4 heteroatoms. The summed E-state index contributed by atoms with van der Waals surface area (Å²) in [4.78, 5) is 13.5. The number of piperidine rings is 1. The van der Waals surface area contributed by atoms with Crippen molar-refractivity contribution in [3.63, 3.8) is 0 Å². The normalized spacial score (nSPS) is 24.0. The minimum absolute atomic E-state index is 0.0416. The number of nitrogens with zero attached hydrogens (tertiary/aromatic N) is 1. The van der Waals surface area contributed by atoms with Crippen molar-refractivity contribution < 1.29 is 14.6 Å². The Hall–Kier alpha value is -1.39. The third-order valence-electron chi connectivity index (χ3n) is 4.12. The molecule has 0 aromatic heterocycles. The van der Waals surface area contributed by atoms with Crippen molar-refractivity contribution in [3.05, 3.63) is 29.8 Å². The van der Waals surface area contributed by atoms with Gasteiger partial charge in [0.25, 0.3) is 0 Å². The molecule has 1 saturated heterocycles. The van der Waals surface area contributed by atoms with E-state index in [0.717, 1.165) is 13.1 Å².